The molecular weight excluding hydrogens is 364 g/mol. The molecule has 0 N–H and O–H groups in total. The van der Waals surface area contributed by atoms with Crippen molar-refractivity contribution < 1.29 is 9.59 Å². The number of anilines is 1. The third-order valence-corrected chi connectivity index (χ3v) is 5.70. The number of Topliss-reactive ketones (excluding diaryl/α,β-unsaturated/α-hetero) is 1. The first-order chi connectivity index (χ1) is 13.8. The quantitative estimate of drug-likeness (QED) is 0.588. The Morgan fingerprint density at radius 3 is 2.52 bits per heavy atom. The Hall–Kier alpha value is -3.59. The number of nitrogens with zero attached hydrogens (tertiary/aromatic N) is 4. The molecule has 2 aromatic rings. The molecule has 1 aromatic carbocycles. The minimum Gasteiger partial charge on any atom is -0.307 e. The minimum absolute atomic E-state index is 0.00919. The molecule has 0 unspecified atom stereocenters. The van der Waals surface area contributed by atoms with Crippen LogP contribution in [-0.2, 0) is 15.0 Å². The second-order valence-corrected chi connectivity index (χ2v) is 7.77. The van der Waals surface area contributed by atoms with Crippen LogP contribution in [0.15, 0.2) is 66.0 Å². The number of fused-ring (bicyclic) bond motifs is 1. The van der Waals surface area contributed by atoms with E-state index < -0.39 is 10.8 Å². The van der Waals surface area contributed by atoms with Gasteiger partial charge >= 0.3 is 0 Å². The molecule has 1 atom stereocenters. The zero-order valence-corrected chi connectivity index (χ0v) is 16.5. The lowest BCUT2D eigenvalue weighted by Gasteiger charge is -2.48. The highest BCUT2D eigenvalue weighted by Gasteiger charge is 2.57. The summed E-state index contributed by atoms with van der Waals surface area (Å²) in [5, 5.41) is 0. The predicted molar refractivity (Wildman–Crippen MR) is 109 cm³/mol. The van der Waals surface area contributed by atoms with Crippen molar-refractivity contribution in [1.82, 2.24) is 9.97 Å². The Labute approximate surface area is 169 Å². The number of hydrogen-bond donors (Lipinski definition) is 0. The number of carbonyl (C=O) groups excluding carboxylic acids is 2. The fourth-order valence-corrected chi connectivity index (χ4v) is 4.29. The van der Waals surface area contributed by atoms with Gasteiger partial charge in [-0.25, -0.2) is 14.8 Å². The summed E-state index contributed by atoms with van der Waals surface area (Å²) in [5.41, 5.74) is -0.761. The summed E-state index contributed by atoms with van der Waals surface area (Å²) in [7, 11) is 0. The molecule has 2 aliphatic rings. The molecule has 2 heterocycles. The lowest BCUT2D eigenvalue weighted by Crippen LogP contribution is -2.57. The topological polar surface area (TPSA) is 67.5 Å². The summed E-state index contributed by atoms with van der Waals surface area (Å²) >= 11 is 0. The highest BCUT2D eigenvalue weighted by atomic mass is 16.2. The number of ketones is 1. The van der Waals surface area contributed by atoms with E-state index >= 15 is 0 Å². The molecule has 6 nitrogen and oxygen atoms in total. The van der Waals surface area contributed by atoms with Crippen LogP contribution in [0.1, 0.15) is 25.2 Å². The normalized spacial score (nSPS) is 23.0. The molecular formula is C23H20N4O2. The molecule has 4 rings (SSSR count). The second kappa shape index (κ2) is 6.49. The highest BCUT2D eigenvalue weighted by molar-refractivity contribution is 6.14. The van der Waals surface area contributed by atoms with Gasteiger partial charge in [-0.2, -0.15) is 0 Å². The van der Waals surface area contributed by atoms with E-state index in [1.165, 1.54) is 6.08 Å². The van der Waals surface area contributed by atoms with Gasteiger partial charge in [-0.05, 0) is 24.1 Å². The van der Waals surface area contributed by atoms with Crippen molar-refractivity contribution in [1.29, 1.82) is 0 Å². The van der Waals surface area contributed by atoms with E-state index in [-0.39, 0.29) is 17.4 Å². The molecule has 0 radical (unpaired) electrons. The summed E-state index contributed by atoms with van der Waals surface area (Å²) < 4.78 is 0. The summed E-state index contributed by atoms with van der Waals surface area (Å²) in [6.07, 6.45) is 5.09. The zero-order valence-electron chi connectivity index (χ0n) is 16.5. The van der Waals surface area contributed by atoms with Crippen LogP contribution >= 0.6 is 0 Å². The van der Waals surface area contributed by atoms with E-state index in [1.54, 1.807) is 37.9 Å². The monoisotopic (exact) mass is 384 g/mol. The molecule has 1 aliphatic heterocycles. The molecule has 144 valence electrons. The van der Waals surface area contributed by atoms with Crippen LogP contribution in [0, 0.1) is 18.9 Å². The minimum atomic E-state index is -1.23. The Kier molecular flexibility index (Phi) is 4.20. The molecule has 0 bridgehead atoms. The van der Waals surface area contributed by atoms with Crippen molar-refractivity contribution in [3.8, 4) is 0 Å². The van der Waals surface area contributed by atoms with Crippen LogP contribution in [0.5, 0.6) is 0 Å². The molecule has 0 fully saturated rings. The van der Waals surface area contributed by atoms with Crippen LogP contribution in [-0.4, -0.2) is 28.2 Å². The van der Waals surface area contributed by atoms with Gasteiger partial charge in [0.15, 0.2) is 5.78 Å². The number of aromatic nitrogens is 2. The van der Waals surface area contributed by atoms with Crippen molar-refractivity contribution in [2.45, 2.75) is 26.2 Å². The molecule has 0 saturated carbocycles. The lowest BCUT2D eigenvalue weighted by atomic mass is 9.57. The van der Waals surface area contributed by atoms with Gasteiger partial charge in [0.1, 0.15) is 17.1 Å². The molecule has 6 heteroatoms. The van der Waals surface area contributed by atoms with E-state index in [2.05, 4.69) is 14.8 Å². The third-order valence-electron chi connectivity index (χ3n) is 5.70. The third kappa shape index (κ3) is 2.62. The van der Waals surface area contributed by atoms with Crippen molar-refractivity contribution in [2.75, 3.05) is 11.4 Å². The van der Waals surface area contributed by atoms with Gasteiger partial charge in [0.2, 0.25) is 11.6 Å². The zero-order chi connectivity index (χ0) is 20.8. The Balaban J connectivity index is 2.02. The van der Waals surface area contributed by atoms with Gasteiger partial charge in [0, 0.05) is 18.2 Å². The van der Waals surface area contributed by atoms with E-state index in [1.807, 2.05) is 36.4 Å². The Bertz CT molecular complexity index is 1130. The maximum Gasteiger partial charge on any atom is 0.245 e. The number of benzene rings is 1. The predicted octanol–water partition coefficient (Wildman–Crippen LogP) is 3.41. The second-order valence-electron chi connectivity index (χ2n) is 7.77. The molecule has 1 aliphatic carbocycles. The summed E-state index contributed by atoms with van der Waals surface area (Å²) in [5.74, 6) is 0.585. The number of rotatable bonds is 2. The molecule has 0 spiro atoms. The van der Waals surface area contributed by atoms with Crippen molar-refractivity contribution in [2.24, 2.45) is 5.41 Å². The maximum absolute atomic E-state index is 14.0. The average molecular weight is 384 g/mol. The Morgan fingerprint density at radius 2 is 1.86 bits per heavy atom. The standard InChI is InChI=1S/C23H20N4O2/c1-15-25-12-10-19(26-15)27-13-11-18-22(2,3)20(28)17(24-4)14-23(18,21(27)29)16-8-6-5-7-9-16/h5-12,14H,13H2,1-3H3/t23-/m1/s1. The van der Waals surface area contributed by atoms with Crippen LogP contribution in [0.4, 0.5) is 5.82 Å². The fourth-order valence-electron chi connectivity index (χ4n) is 4.29. The average Bonchev–Trinajstić information content (AvgIpc) is 2.72. The van der Waals surface area contributed by atoms with Gasteiger partial charge in [-0.3, -0.25) is 9.69 Å². The number of carbonyl (C=O) groups is 2. The van der Waals surface area contributed by atoms with Gasteiger partial charge in [0.05, 0.1) is 6.57 Å². The molecule has 1 aromatic heterocycles. The summed E-state index contributed by atoms with van der Waals surface area (Å²) in [4.78, 5) is 40.6. The summed E-state index contributed by atoms with van der Waals surface area (Å²) in [6.45, 7) is 13.2. The van der Waals surface area contributed by atoms with E-state index in [9.17, 15) is 9.59 Å². The van der Waals surface area contributed by atoms with Crippen molar-refractivity contribution >= 4 is 17.5 Å². The lowest BCUT2D eigenvalue weighted by molar-refractivity contribution is -0.125. The van der Waals surface area contributed by atoms with Crippen LogP contribution in [0.2, 0.25) is 0 Å². The number of aryl methyl sites for hydroxylation is 1. The smallest absolute Gasteiger partial charge is 0.245 e. The van der Waals surface area contributed by atoms with E-state index in [0.29, 0.717) is 23.8 Å². The first-order valence-corrected chi connectivity index (χ1v) is 9.35. The number of allylic oxidation sites excluding steroid dienone is 1. The van der Waals surface area contributed by atoms with Gasteiger partial charge in [-0.15, -0.1) is 0 Å². The fraction of sp³-hybridized carbons (Fsp3) is 0.261. The molecule has 29 heavy (non-hydrogen) atoms. The van der Waals surface area contributed by atoms with Crippen molar-refractivity contribution in [3.63, 3.8) is 0 Å². The van der Waals surface area contributed by atoms with Gasteiger partial charge in [-0.1, -0.05) is 56.3 Å². The van der Waals surface area contributed by atoms with E-state index in [0.717, 1.165) is 5.56 Å². The molecule has 0 saturated heterocycles. The first kappa shape index (κ1) is 18.8. The summed E-state index contributed by atoms with van der Waals surface area (Å²) in [6, 6.07) is 11.0. The van der Waals surface area contributed by atoms with E-state index in [4.69, 9.17) is 6.57 Å². The SMILES string of the molecule is [C-]#[N+]C1=C[C@]2(c3ccccc3)C(=O)N(c3ccnc(C)n3)CC=C2C(C)(C)C1=O. The molecule has 1 amide bonds. The van der Waals surface area contributed by atoms with Gasteiger partial charge in [0.25, 0.3) is 0 Å². The maximum atomic E-state index is 14.0. The number of hydrogen-bond acceptors (Lipinski definition) is 4. The van der Waals surface area contributed by atoms with Crippen LogP contribution in [0.25, 0.3) is 4.85 Å². The largest absolute Gasteiger partial charge is 0.307 e. The first-order valence-electron chi connectivity index (χ1n) is 9.35. The Morgan fingerprint density at radius 1 is 1.14 bits per heavy atom. The van der Waals surface area contributed by atoms with Gasteiger partial charge < -0.3 is 4.79 Å². The van der Waals surface area contributed by atoms with Crippen LogP contribution < -0.4 is 4.90 Å². The van der Waals surface area contributed by atoms with Crippen molar-refractivity contribution in [3.05, 3.63) is 88.8 Å². The number of amides is 1. The highest BCUT2D eigenvalue weighted by Crippen LogP contribution is 2.52. The van der Waals surface area contributed by atoms with Crippen LogP contribution in [0.3, 0.4) is 0 Å².